The van der Waals surface area contributed by atoms with Crippen LogP contribution in [-0.2, 0) is 27.3 Å². The van der Waals surface area contributed by atoms with E-state index in [4.69, 9.17) is 23.2 Å². The summed E-state index contributed by atoms with van der Waals surface area (Å²) >= 11 is 13.9. The molecular formula is C33H35Cl2N3O4S. The lowest BCUT2D eigenvalue weighted by molar-refractivity contribution is -0.147. The van der Waals surface area contributed by atoms with Crippen LogP contribution in [0.1, 0.15) is 36.1 Å². The van der Waals surface area contributed by atoms with E-state index in [1.165, 1.54) is 28.8 Å². The van der Waals surface area contributed by atoms with Crippen molar-refractivity contribution in [3.8, 4) is 0 Å². The van der Waals surface area contributed by atoms with E-state index in [1.54, 1.807) is 18.2 Å². The fraction of sp³-hybridized carbons (Fsp3) is 0.303. The molecule has 0 bridgehead atoms. The van der Waals surface area contributed by atoms with Crippen LogP contribution in [0.15, 0.2) is 78.9 Å². The van der Waals surface area contributed by atoms with Crippen LogP contribution in [-0.4, -0.2) is 56.5 Å². The predicted octanol–water partition coefficient (Wildman–Crippen LogP) is 5.40. The summed E-state index contributed by atoms with van der Waals surface area (Å²) in [4.78, 5) is 41.8. The Morgan fingerprint density at radius 1 is 1.02 bits per heavy atom. The van der Waals surface area contributed by atoms with E-state index in [2.05, 4.69) is 10.6 Å². The summed E-state index contributed by atoms with van der Waals surface area (Å²) in [6.45, 7) is 6.11. The van der Waals surface area contributed by atoms with Crippen molar-refractivity contribution in [3.05, 3.63) is 111 Å². The van der Waals surface area contributed by atoms with Gasteiger partial charge in [-0.05, 0) is 62.1 Å². The van der Waals surface area contributed by atoms with Crippen molar-refractivity contribution in [1.82, 2.24) is 15.5 Å². The van der Waals surface area contributed by atoms with E-state index in [1.807, 2.05) is 75.4 Å². The number of aliphatic hydroxyl groups excluding tert-OH is 1. The maximum absolute atomic E-state index is 13.8. The zero-order valence-corrected chi connectivity index (χ0v) is 26.5. The largest absolute Gasteiger partial charge is 0.381 e. The summed E-state index contributed by atoms with van der Waals surface area (Å²) in [6.07, 6.45) is 1.33. The molecule has 3 atom stereocenters. The van der Waals surface area contributed by atoms with Crippen LogP contribution in [0, 0.1) is 6.92 Å². The van der Waals surface area contributed by atoms with E-state index in [-0.39, 0.29) is 18.2 Å². The number of hydrogen-bond acceptors (Lipinski definition) is 5. The molecule has 0 aromatic heterocycles. The topological polar surface area (TPSA) is 98.7 Å². The maximum atomic E-state index is 13.8. The summed E-state index contributed by atoms with van der Waals surface area (Å²) in [5.74, 6) is -1.25. The predicted molar refractivity (Wildman–Crippen MR) is 174 cm³/mol. The van der Waals surface area contributed by atoms with Crippen molar-refractivity contribution in [2.75, 3.05) is 5.88 Å². The fourth-order valence-corrected chi connectivity index (χ4v) is 6.68. The molecule has 10 heteroatoms. The van der Waals surface area contributed by atoms with E-state index in [9.17, 15) is 19.5 Å². The van der Waals surface area contributed by atoms with Gasteiger partial charge in [-0.1, -0.05) is 83.9 Å². The van der Waals surface area contributed by atoms with Crippen LogP contribution >= 0.6 is 35.0 Å². The number of carbonyl (C=O) groups is 3. The van der Waals surface area contributed by atoms with Gasteiger partial charge in [0.15, 0.2) is 6.10 Å². The van der Waals surface area contributed by atoms with Gasteiger partial charge in [-0.25, -0.2) is 0 Å². The first-order valence-electron chi connectivity index (χ1n) is 13.9. The second kappa shape index (κ2) is 14.4. The van der Waals surface area contributed by atoms with Crippen molar-refractivity contribution in [2.24, 2.45) is 0 Å². The van der Waals surface area contributed by atoms with Gasteiger partial charge in [-0.2, -0.15) is 0 Å². The molecule has 3 N–H and O–H groups in total. The molecule has 0 saturated carbocycles. The van der Waals surface area contributed by atoms with E-state index < -0.39 is 34.7 Å². The number of amides is 3. The molecule has 1 fully saturated rings. The lowest BCUT2D eigenvalue weighted by atomic mass is 9.97. The highest BCUT2D eigenvalue weighted by molar-refractivity contribution is 8.00. The van der Waals surface area contributed by atoms with Gasteiger partial charge in [0.05, 0.1) is 11.9 Å². The number of hydrogen-bond donors (Lipinski definition) is 3. The average molecular weight is 641 g/mol. The minimum Gasteiger partial charge on any atom is -0.381 e. The Balaban J connectivity index is 1.53. The second-order valence-electron chi connectivity index (χ2n) is 11.0. The summed E-state index contributed by atoms with van der Waals surface area (Å²) in [7, 11) is 0. The highest BCUT2D eigenvalue weighted by atomic mass is 35.5. The smallest absolute Gasteiger partial charge is 0.254 e. The number of aryl methyl sites for hydroxylation is 1. The molecule has 1 heterocycles. The van der Waals surface area contributed by atoms with Crippen LogP contribution < -0.4 is 10.6 Å². The van der Waals surface area contributed by atoms with E-state index in [0.29, 0.717) is 22.2 Å². The van der Waals surface area contributed by atoms with Crippen LogP contribution in [0.5, 0.6) is 0 Å². The van der Waals surface area contributed by atoms with Gasteiger partial charge >= 0.3 is 0 Å². The zero-order chi connectivity index (χ0) is 31.1. The van der Waals surface area contributed by atoms with Gasteiger partial charge in [-0.15, -0.1) is 11.8 Å². The summed E-state index contributed by atoms with van der Waals surface area (Å²) in [6, 6.07) is 20.3. The molecule has 43 heavy (non-hydrogen) atoms. The van der Waals surface area contributed by atoms with Gasteiger partial charge in [0.1, 0.15) is 6.04 Å². The first kappa shape index (κ1) is 32.6. The molecule has 0 radical (unpaired) electrons. The van der Waals surface area contributed by atoms with Crippen LogP contribution in [0.2, 0.25) is 10.0 Å². The van der Waals surface area contributed by atoms with Crippen molar-refractivity contribution in [2.45, 2.75) is 56.7 Å². The highest BCUT2D eigenvalue weighted by Crippen LogP contribution is 2.40. The third-order valence-corrected chi connectivity index (χ3v) is 9.49. The van der Waals surface area contributed by atoms with Crippen molar-refractivity contribution >= 4 is 58.8 Å². The fourth-order valence-electron chi connectivity index (χ4n) is 5.01. The number of benzene rings is 3. The quantitative estimate of drug-likeness (QED) is 0.258. The Labute approximate surface area is 266 Å². The minimum atomic E-state index is -1.61. The first-order valence-corrected chi connectivity index (χ1v) is 15.6. The summed E-state index contributed by atoms with van der Waals surface area (Å²) < 4.78 is -0.597. The van der Waals surface area contributed by atoms with Crippen LogP contribution in [0.3, 0.4) is 0 Å². The number of halogens is 2. The summed E-state index contributed by atoms with van der Waals surface area (Å²) in [5, 5.41) is 17.9. The van der Waals surface area contributed by atoms with Gasteiger partial charge in [0.2, 0.25) is 11.8 Å². The van der Waals surface area contributed by atoms with Gasteiger partial charge in [0, 0.05) is 33.0 Å². The maximum Gasteiger partial charge on any atom is 0.254 e. The number of thioether (sulfide) groups is 1. The Morgan fingerprint density at radius 2 is 1.67 bits per heavy atom. The number of nitrogens with one attached hydrogen (secondary N) is 2. The molecule has 226 valence electrons. The highest BCUT2D eigenvalue weighted by Gasteiger charge is 2.49. The monoisotopic (exact) mass is 639 g/mol. The standard InChI is InChI=1S/C33H35Cl2N3O4S/c1-21-10-7-8-13-23(21)19-36-31(41)30-33(2,3)43-20-38(30)32(42)29(40)27(18-22-11-5-4-6-12-22)37-28(39)17-16-24-25(34)14-9-15-26(24)35/h4-17,27,29-30,40H,18-20H2,1-3H3,(H,36,41)(H,37,39)/b17-16+. The van der Waals surface area contributed by atoms with E-state index in [0.717, 1.165) is 16.7 Å². The number of rotatable bonds is 10. The average Bonchev–Trinajstić information content (AvgIpc) is 3.30. The molecule has 3 amide bonds. The lowest BCUT2D eigenvalue weighted by Gasteiger charge is -2.33. The van der Waals surface area contributed by atoms with Crippen LogP contribution in [0.4, 0.5) is 0 Å². The molecule has 1 saturated heterocycles. The SMILES string of the molecule is Cc1ccccc1CNC(=O)C1N(C(=O)C(O)C(Cc2ccccc2)NC(=O)/C=C/c2c(Cl)cccc2Cl)CSC1(C)C. The molecule has 1 aliphatic heterocycles. The first-order chi connectivity index (χ1) is 20.5. The van der Waals surface area contributed by atoms with Crippen molar-refractivity contribution in [3.63, 3.8) is 0 Å². The molecule has 3 aromatic carbocycles. The molecule has 3 unspecified atom stereocenters. The molecule has 0 aliphatic carbocycles. The van der Waals surface area contributed by atoms with Crippen molar-refractivity contribution in [1.29, 1.82) is 0 Å². The molecule has 7 nitrogen and oxygen atoms in total. The molecule has 1 aliphatic rings. The number of carbonyl (C=O) groups excluding carboxylic acids is 3. The zero-order valence-electron chi connectivity index (χ0n) is 24.2. The van der Waals surface area contributed by atoms with Gasteiger partial charge in [-0.3, -0.25) is 14.4 Å². The Kier molecular flexibility index (Phi) is 11.0. The number of nitrogens with zero attached hydrogens (tertiary/aromatic N) is 1. The molecule has 0 spiro atoms. The summed E-state index contributed by atoms with van der Waals surface area (Å²) in [5.41, 5.74) is 3.33. The third kappa shape index (κ3) is 8.21. The molecule has 3 aromatic rings. The Morgan fingerprint density at radius 3 is 2.35 bits per heavy atom. The van der Waals surface area contributed by atoms with Gasteiger partial charge < -0.3 is 20.6 Å². The molecular weight excluding hydrogens is 605 g/mol. The normalized spacial score (nSPS) is 17.4. The van der Waals surface area contributed by atoms with Gasteiger partial charge in [0.25, 0.3) is 5.91 Å². The van der Waals surface area contributed by atoms with E-state index >= 15 is 0 Å². The van der Waals surface area contributed by atoms with Crippen LogP contribution in [0.25, 0.3) is 6.08 Å². The Hall–Kier alpha value is -3.30. The lowest BCUT2D eigenvalue weighted by Crippen LogP contribution is -2.58. The Bertz CT molecular complexity index is 1480. The minimum absolute atomic E-state index is 0.189. The molecule has 4 rings (SSSR count). The van der Waals surface area contributed by atoms with Crippen molar-refractivity contribution < 1.29 is 19.5 Å². The number of aliphatic hydroxyl groups is 1. The second-order valence-corrected chi connectivity index (χ2v) is 13.4. The third-order valence-electron chi connectivity index (χ3n) is 7.45.